The molecule has 0 heterocycles. The molecule has 54 heavy (non-hydrogen) atoms. The highest BCUT2D eigenvalue weighted by Crippen LogP contribution is 2.44. The van der Waals surface area contributed by atoms with Gasteiger partial charge in [0, 0.05) is 0 Å². The molecule has 302 valence electrons. The molecule has 10 nitrogen and oxygen atoms in total. The molecule has 0 bridgehead atoms. The number of unbranched alkanes of at least 4 members (excludes halogenated alkanes) is 6. The van der Waals surface area contributed by atoms with Gasteiger partial charge < -0.3 is 28.4 Å². The summed E-state index contributed by atoms with van der Waals surface area (Å²) in [5, 5.41) is 18.7. The van der Waals surface area contributed by atoms with Gasteiger partial charge in [-0.15, -0.1) is 6.58 Å². The minimum atomic E-state index is -0.314. The quantitative estimate of drug-likeness (QED) is 0.0208. The molecular weight excluding hydrogens is 688 g/mol. The SMILES string of the molecule is C=COCOCCCCCCOc1ccc(OCOC2CCC(C3CCC(C(OO)c4ccc(OCCCCCCC(C=C)OO)cc4)CC3)CC2)cc1. The predicted octanol–water partition coefficient (Wildman–Crippen LogP) is 11.1. The molecule has 10 heteroatoms. The van der Waals surface area contributed by atoms with Crippen molar-refractivity contribution in [2.24, 2.45) is 17.8 Å². The smallest absolute Gasteiger partial charge is 0.189 e. The summed E-state index contributed by atoms with van der Waals surface area (Å²) in [6, 6.07) is 15.8. The molecule has 2 aromatic carbocycles. The molecule has 2 saturated carbocycles. The Morgan fingerprint density at radius 1 is 0.593 bits per heavy atom. The van der Waals surface area contributed by atoms with E-state index in [4.69, 9.17) is 38.6 Å². The van der Waals surface area contributed by atoms with Crippen LogP contribution in [0.2, 0.25) is 0 Å². The fraction of sp³-hybridized carbons (Fsp3) is 0.636. The first-order valence-corrected chi connectivity index (χ1v) is 20.4. The average molecular weight is 755 g/mol. The summed E-state index contributed by atoms with van der Waals surface area (Å²) >= 11 is 0. The van der Waals surface area contributed by atoms with Crippen LogP contribution in [0.4, 0.5) is 0 Å². The van der Waals surface area contributed by atoms with E-state index in [1.807, 2.05) is 48.5 Å². The molecule has 2 atom stereocenters. The lowest BCUT2D eigenvalue weighted by Crippen LogP contribution is -2.30. The van der Waals surface area contributed by atoms with Crippen LogP contribution < -0.4 is 14.2 Å². The van der Waals surface area contributed by atoms with Crippen molar-refractivity contribution in [1.82, 2.24) is 0 Å². The number of hydrogen-bond acceptors (Lipinski definition) is 10. The van der Waals surface area contributed by atoms with Gasteiger partial charge in [0.1, 0.15) is 29.5 Å². The van der Waals surface area contributed by atoms with E-state index in [1.165, 1.54) is 31.9 Å². The van der Waals surface area contributed by atoms with E-state index >= 15 is 0 Å². The van der Waals surface area contributed by atoms with Crippen molar-refractivity contribution >= 4 is 0 Å². The van der Waals surface area contributed by atoms with E-state index in [9.17, 15) is 5.26 Å². The number of ether oxygens (including phenoxy) is 6. The normalized spacial score (nSPS) is 21.1. The summed E-state index contributed by atoms with van der Waals surface area (Å²) in [5.74, 6) is 4.23. The van der Waals surface area contributed by atoms with Crippen LogP contribution in [0.5, 0.6) is 17.2 Å². The van der Waals surface area contributed by atoms with Gasteiger partial charge in [-0.3, -0.25) is 10.5 Å². The van der Waals surface area contributed by atoms with Gasteiger partial charge >= 0.3 is 0 Å². The topological polar surface area (TPSA) is 114 Å². The third-order valence-corrected chi connectivity index (χ3v) is 11.1. The Kier molecular flexibility index (Phi) is 21.5. The number of hydrogen-bond donors (Lipinski definition) is 2. The molecule has 0 radical (unpaired) electrons. The van der Waals surface area contributed by atoms with Crippen molar-refractivity contribution in [3.05, 3.63) is 79.6 Å². The first-order valence-electron chi connectivity index (χ1n) is 20.4. The zero-order valence-electron chi connectivity index (χ0n) is 32.4. The fourth-order valence-corrected chi connectivity index (χ4v) is 7.86. The molecule has 2 unspecified atom stereocenters. The first kappa shape index (κ1) is 43.6. The van der Waals surface area contributed by atoms with E-state index in [1.54, 1.807) is 6.08 Å². The Labute approximate surface area is 323 Å². The van der Waals surface area contributed by atoms with E-state index < -0.39 is 0 Å². The Morgan fingerprint density at radius 3 is 1.69 bits per heavy atom. The van der Waals surface area contributed by atoms with Crippen molar-refractivity contribution in [2.45, 2.75) is 127 Å². The molecule has 2 aliphatic carbocycles. The van der Waals surface area contributed by atoms with Crippen LogP contribution >= 0.6 is 0 Å². The molecule has 0 saturated heterocycles. The predicted molar refractivity (Wildman–Crippen MR) is 209 cm³/mol. The van der Waals surface area contributed by atoms with Crippen LogP contribution in [0.3, 0.4) is 0 Å². The molecule has 2 N–H and O–H groups in total. The van der Waals surface area contributed by atoms with Gasteiger partial charge in [-0.2, -0.15) is 0 Å². The minimum Gasteiger partial charge on any atom is -0.494 e. The van der Waals surface area contributed by atoms with E-state index in [2.05, 4.69) is 18.0 Å². The molecule has 4 rings (SSSR count). The van der Waals surface area contributed by atoms with Gasteiger partial charge in [0.2, 0.25) is 0 Å². The maximum atomic E-state index is 9.90. The maximum Gasteiger partial charge on any atom is 0.189 e. The Hall–Kier alpha value is -3.12. The standard InChI is InChI=1S/C44H66O10/c1-3-39(53-45)13-9-5-6-11-31-49-40-24-20-38(21-25-40)44(54-46)37-16-14-35(15-17-37)36-18-22-42(23-19-36)51-34-52-43-28-26-41(27-29-43)50-32-12-8-7-10-30-48-33-47-4-2/h3-4,20-21,24-29,35-37,39,42,44-46H,1-2,5-19,22-23,30-34H2. The maximum absolute atomic E-state index is 9.90. The van der Waals surface area contributed by atoms with Gasteiger partial charge in [0.05, 0.1) is 32.2 Å². The number of rotatable bonds is 29. The summed E-state index contributed by atoms with van der Waals surface area (Å²) in [7, 11) is 0. The van der Waals surface area contributed by atoms with Crippen LogP contribution in [0, 0.1) is 17.8 Å². The van der Waals surface area contributed by atoms with Crippen molar-refractivity contribution in [1.29, 1.82) is 0 Å². The third kappa shape index (κ3) is 16.3. The molecule has 0 amide bonds. The van der Waals surface area contributed by atoms with Crippen LogP contribution in [-0.2, 0) is 24.0 Å². The van der Waals surface area contributed by atoms with Crippen molar-refractivity contribution in [2.75, 3.05) is 33.4 Å². The van der Waals surface area contributed by atoms with Gasteiger partial charge in [-0.1, -0.05) is 50.5 Å². The summed E-state index contributed by atoms with van der Waals surface area (Å²) in [5.41, 5.74) is 0.997. The lowest BCUT2D eigenvalue weighted by molar-refractivity contribution is -0.296. The second-order valence-electron chi connectivity index (χ2n) is 14.8. The second-order valence-corrected chi connectivity index (χ2v) is 14.8. The highest BCUT2D eigenvalue weighted by atomic mass is 17.1. The highest BCUT2D eigenvalue weighted by Gasteiger charge is 2.34. The largest absolute Gasteiger partial charge is 0.494 e. The first-order chi connectivity index (χ1) is 26.6. The Morgan fingerprint density at radius 2 is 1.13 bits per heavy atom. The molecule has 0 aromatic heterocycles. The highest BCUT2D eigenvalue weighted by molar-refractivity contribution is 5.31. The van der Waals surface area contributed by atoms with Crippen LogP contribution in [0.1, 0.15) is 121 Å². The zero-order valence-corrected chi connectivity index (χ0v) is 32.4. The van der Waals surface area contributed by atoms with Gasteiger partial charge in [0.25, 0.3) is 0 Å². The van der Waals surface area contributed by atoms with Crippen LogP contribution in [-0.4, -0.2) is 56.1 Å². The summed E-state index contributed by atoms with van der Waals surface area (Å²) in [6.07, 6.45) is 20.7. The lowest BCUT2D eigenvalue weighted by Gasteiger charge is -2.39. The fourth-order valence-electron chi connectivity index (χ4n) is 7.86. The second kappa shape index (κ2) is 26.6. The van der Waals surface area contributed by atoms with Gasteiger partial charge in [0.15, 0.2) is 13.6 Å². The monoisotopic (exact) mass is 754 g/mol. The molecule has 2 aromatic rings. The average Bonchev–Trinajstić information content (AvgIpc) is 3.21. The third-order valence-electron chi connectivity index (χ3n) is 11.1. The van der Waals surface area contributed by atoms with E-state index in [-0.39, 0.29) is 31.9 Å². The molecular formula is C44H66O10. The van der Waals surface area contributed by atoms with E-state index in [0.29, 0.717) is 25.7 Å². The summed E-state index contributed by atoms with van der Waals surface area (Å²) in [6.45, 7) is 9.73. The zero-order chi connectivity index (χ0) is 38.1. The summed E-state index contributed by atoms with van der Waals surface area (Å²) < 4.78 is 34.1. The van der Waals surface area contributed by atoms with Crippen molar-refractivity contribution in [3.63, 3.8) is 0 Å². The Balaban J connectivity index is 1.03. The van der Waals surface area contributed by atoms with Gasteiger partial charge in [-0.05, 0) is 143 Å². The van der Waals surface area contributed by atoms with Crippen molar-refractivity contribution < 1.29 is 48.7 Å². The molecule has 0 aliphatic heterocycles. The molecule has 2 fully saturated rings. The van der Waals surface area contributed by atoms with Crippen LogP contribution in [0.15, 0.2) is 74.0 Å². The van der Waals surface area contributed by atoms with Crippen LogP contribution in [0.25, 0.3) is 0 Å². The molecule has 0 spiro atoms. The van der Waals surface area contributed by atoms with Gasteiger partial charge in [-0.25, -0.2) is 9.78 Å². The molecule has 2 aliphatic rings. The van der Waals surface area contributed by atoms with Crippen molar-refractivity contribution in [3.8, 4) is 17.2 Å². The number of benzene rings is 2. The lowest BCUT2D eigenvalue weighted by atomic mass is 9.69. The van der Waals surface area contributed by atoms with E-state index in [0.717, 1.165) is 118 Å². The minimum absolute atomic E-state index is 0.245. The Bertz CT molecular complexity index is 1240. The summed E-state index contributed by atoms with van der Waals surface area (Å²) in [4.78, 5) is 9.43.